The third-order valence-electron chi connectivity index (χ3n) is 3.40. The van der Waals surface area contributed by atoms with Gasteiger partial charge in [0.1, 0.15) is 18.3 Å². The molecule has 1 atom stereocenters. The van der Waals surface area contributed by atoms with Gasteiger partial charge in [0.05, 0.1) is 5.56 Å². The lowest BCUT2D eigenvalue weighted by molar-refractivity contribution is -0.123. The van der Waals surface area contributed by atoms with Crippen LogP contribution in [0.25, 0.3) is 0 Å². The highest BCUT2D eigenvalue weighted by Gasteiger charge is 2.32. The van der Waals surface area contributed by atoms with Crippen LogP contribution in [0.3, 0.4) is 0 Å². The first-order valence-electron chi connectivity index (χ1n) is 6.80. The Labute approximate surface area is 123 Å². The van der Waals surface area contributed by atoms with Crippen molar-refractivity contribution in [3.63, 3.8) is 0 Å². The van der Waals surface area contributed by atoms with Crippen LogP contribution in [0.5, 0.6) is 0 Å². The number of aliphatic hydroxyl groups is 1. The van der Waals surface area contributed by atoms with Gasteiger partial charge in [-0.05, 0) is 31.4 Å². The lowest BCUT2D eigenvalue weighted by Crippen LogP contribution is -2.50. The third-order valence-corrected chi connectivity index (χ3v) is 3.40. The van der Waals surface area contributed by atoms with E-state index in [1.54, 1.807) is 12.1 Å². The summed E-state index contributed by atoms with van der Waals surface area (Å²) in [5.41, 5.74) is 6.00. The van der Waals surface area contributed by atoms with Crippen LogP contribution in [-0.4, -0.2) is 46.0 Å². The molecule has 3 N–H and O–H groups in total. The summed E-state index contributed by atoms with van der Waals surface area (Å²) < 4.78 is 0. The molecular formula is C15H17N3O3. The van der Waals surface area contributed by atoms with E-state index in [4.69, 9.17) is 10.8 Å². The van der Waals surface area contributed by atoms with Crippen molar-refractivity contribution in [3.8, 4) is 11.8 Å². The SMILES string of the molecule is NC(=O)C1CCCCN1C(=O)c1ncccc1C#CCO. The van der Waals surface area contributed by atoms with Gasteiger partial charge in [-0.2, -0.15) is 0 Å². The van der Waals surface area contributed by atoms with Crippen LogP contribution in [0.2, 0.25) is 0 Å². The minimum atomic E-state index is -0.591. The molecule has 0 spiro atoms. The molecule has 2 rings (SSSR count). The number of rotatable bonds is 2. The highest BCUT2D eigenvalue weighted by Crippen LogP contribution is 2.20. The monoisotopic (exact) mass is 287 g/mol. The zero-order chi connectivity index (χ0) is 15.2. The molecule has 1 aromatic rings. The molecule has 0 aromatic carbocycles. The molecule has 1 aliphatic heterocycles. The number of hydrogen-bond donors (Lipinski definition) is 2. The van der Waals surface area contributed by atoms with Crippen LogP contribution in [-0.2, 0) is 4.79 Å². The van der Waals surface area contributed by atoms with Gasteiger partial charge in [-0.15, -0.1) is 0 Å². The maximum Gasteiger partial charge on any atom is 0.274 e. The molecule has 1 aliphatic rings. The first kappa shape index (κ1) is 15.0. The highest BCUT2D eigenvalue weighted by molar-refractivity contribution is 5.97. The second-order valence-corrected chi connectivity index (χ2v) is 4.77. The van der Waals surface area contributed by atoms with Crippen LogP contribution in [0.1, 0.15) is 35.3 Å². The van der Waals surface area contributed by atoms with E-state index >= 15 is 0 Å². The first-order valence-corrected chi connectivity index (χ1v) is 6.80. The van der Waals surface area contributed by atoms with E-state index in [0.29, 0.717) is 18.5 Å². The van der Waals surface area contributed by atoms with E-state index in [-0.39, 0.29) is 18.2 Å². The van der Waals surface area contributed by atoms with Crippen molar-refractivity contribution in [2.45, 2.75) is 25.3 Å². The van der Waals surface area contributed by atoms with E-state index in [2.05, 4.69) is 16.8 Å². The lowest BCUT2D eigenvalue weighted by atomic mass is 10.0. The molecule has 1 saturated heterocycles. The highest BCUT2D eigenvalue weighted by atomic mass is 16.2. The Kier molecular flexibility index (Phi) is 4.90. The lowest BCUT2D eigenvalue weighted by Gasteiger charge is -2.33. The molecule has 2 amide bonds. The Hall–Kier alpha value is -2.39. The number of carbonyl (C=O) groups is 2. The number of nitrogens with two attached hydrogens (primary N) is 1. The molecule has 2 heterocycles. The fourth-order valence-electron chi connectivity index (χ4n) is 2.42. The van der Waals surface area contributed by atoms with Crippen molar-refractivity contribution in [2.75, 3.05) is 13.2 Å². The van der Waals surface area contributed by atoms with Crippen LogP contribution in [0.4, 0.5) is 0 Å². The Balaban J connectivity index is 2.32. The number of aliphatic hydroxyl groups excluding tert-OH is 1. The van der Waals surface area contributed by atoms with Crippen molar-refractivity contribution >= 4 is 11.8 Å². The smallest absolute Gasteiger partial charge is 0.274 e. The number of piperidine rings is 1. The minimum absolute atomic E-state index is 0.187. The summed E-state index contributed by atoms with van der Waals surface area (Å²) in [7, 11) is 0. The number of carbonyl (C=O) groups excluding carboxylic acids is 2. The fraction of sp³-hybridized carbons (Fsp3) is 0.400. The number of amides is 2. The molecule has 0 saturated carbocycles. The van der Waals surface area contributed by atoms with E-state index in [1.165, 1.54) is 11.1 Å². The van der Waals surface area contributed by atoms with Crippen LogP contribution >= 0.6 is 0 Å². The van der Waals surface area contributed by atoms with E-state index in [9.17, 15) is 9.59 Å². The van der Waals surface area contributed by atoms with E-state index in [0.717, 1.165) is 12.8 Å². The fourth-order valence-corrected chi connectivity index (χ4v) is 2.42. The molecular weight excluding hydrogens is 270 g/mol. The number of aromatic nitrogens is 1. The van der Waals surface area contributed by atoms with Crippen molar-refractivity contribution in [3.05, 3.63) is 29.6 Å². The van der Waals surface area contributed by atoms with Crippen molar-refractivity contribution in [1.82, 2.24) is 9.88 Å². The molecule has 1 aromatic heterocycles. The molecule has 110 valence electrons. The molecule has 1 unspecified atom stereocenters. The number of pyridine rings is 1. The molecule has 1 fully saturated rings. The Morgan fingerprint density at radius 3 is 3.00 bits per heavy atom. The maximum absolute atomic E-state index is 12.6. The van der Waals surface area contributed by atoms with E-state index in [1.807, 2.05) is 0 Å². The minimum Gasteiger partial charge on any atom is -0.384 e. The third kappa shape index (κ3) is 3.38. The molecule has 0 bridgehead atoms. The predicted molar refractivity (Wildman–Crippen MR) is 76.1 cm³/mol. The average Bonchev–Trinajstić information content (AvgIpc) is 2.52. The zero-order valence-electron chi connectivity index (χ0n) is 11.6. The van der Waals surface area contributed by atoms with Crippen molar-refractivity contribution in [1.29, 1.82) is 0 Å². The van der Waals surface area contributed by atoms with Crippen LogP contribution < -0.4 is 5.73 Å². The standard InChI is InChI=1S/C15H17N3O3/c16-14(20)12-7-1-2-9-18(12)15(21)13-11(6-4-10-19)5-3-8-17-13/h3,5,8,12,19H,1-2,7,9-10H2,(H2,16,20). The topological polar surface area (TPSA) is 96.5 Å². The second kappa shape index (κ2) is 6.86. The summed E-state index contributed by atoms with van der Waals surface area (Å²) in [6.07, 6.45) is 3.78. The van der Waals surface area contributed by atoms with Gasteiger partial charge in [0, 0.05) is 12.7 Å². The molecule has 21 heavy (non-hydrogen) atoms. The van der Waals surface area contributed by atoms with Gasteiger partial charge >= 0.3 is 0 Å². The number of nitrogens with zero attached hydrogens (tertiary/aromatic N) is 2. The van der Waals surface area contributed by atoms with Gasteiger partial charge in [-0.25, -0.2) is 4.98 Å². The quantitative estimate of drug-likeness (QED) is 0.743. The zero-order valence-corrected chi connectivity index (χ0v) is 11.6. The number of hydrogen-bond acceptors (Lipinski definition) is 4. The van der Waals surface area contributed by atoms with Gasteiger partial charge in [0.25, 0.3) is 5.91 Å². The first-order chi connectivity index (χ1) is 10.1. The summed E-state index contributed by atoms with van der Waals surface area (Å²) in [5.74, 6) is 4.36. The molecule has 6 heteroatoms. The Bertz CT molecular complexity index is 604. The maximum atomic E-state index is 12.6. The molecule has 6 nitrogen and oxygen atoms in total. The molecule has 0 radical (unpaired) electrons. The summed E-state index contributed by atoms with van der Waals surface area (Å²) in [6.45, 7) is 0.187. The van der Waals surface area contributed by atoms with Crippen molar-refractivity contribution in [2.24, 2.45) is 5.73 Å². The normalized spacial score (nSPS) is 17.8. The van der Waals surface area contributed by atoms with Crippen LogP contribution in [0.15, 0.2) is 18.3 Å². The van der Waals surface area contributed by atoms with Crippen LogP contribution in [0, 0.1) is 11.8 Å². The number of likely N-dealkylation sites (tertiary alicyclic amines) is 1. The largest absolute Gasteiger partial charge is 0.384 e. The predicted octanol–water partition coefficient (Wildman–Crippen LogP) is -0.0946. The van der Waals surface area contributed by atoms with Gasteiger partial charge in [0.2, 0.25) is 5.91 Å². The Morgan fingerprint density at radius 2 is 2.29 bits per heavy atom. The summed E-state index contributed by atoms with van der Waals surface area (Å²) >= 11 is 0. The second-order valence-electron chi connectivity index (χ2n) is 4.77. The van der Waals surface area contributed by atoms with Gasteiger partial charge in [-0.3, -0.25) is 9.59 Å². The summed E-state index contributed by atoms with van der Waals surface area (Å²) in [4.78, 5) is 29.7. The summed E-state index contributed by atoms with van der Waals surface area (Å²) in [6, 6.07) is 2.73. The average molecular weight is 287 g/mol. The Morgan fingerprint density at radius 1 is 1.48 bits per heavy atom. The number of primary amides is 1. The molecule has 0 aliphatic carbocycles. The summed E-state index contributed by atoms with van der Waals surface area (Å²) in [5, 5.41) is 8.77. The van der Waals surface area contributed by atoms with Gasteiger partial charge in [-0.1, -0.05) is 11.8 Å². The van der Waals surface area contributed by atoms with E-state index < -0.39 is 11.9 Å². The van der Waals surface area contributed by atoms with Crippen molar-refractivity contribution < 1.29 is 14.7 Å². The van der Waals surface area contributed by atoms with Gasteiger partial charge in [0.15, 0.2) is 0 Å². The van der Waals surface area contributed by atoms with Gasteiger partial charge < -0.3 is 15.7 Å².